The minimum Gasteiger partial charge on any atom is 0 e. The molecule has 0 unspecified atom stereocenters. The average Bonchev–Trinajstić information content (AvgIpc) is 0.918. The first kappa shape index (κ1) is 8.82. The van der Waals surface area contributed by atoms with Crippen LogP contribution in [0.2, 0.25) is 0 Å². The maximum absolute atomic E-state index is 7.38. The maximum atomic E-state index is 7.38. The molecule has 0 aliphatic carbocycles. The zero-order chi connectivity index (χ0) is 2.71. The maximum Gasteiger partial charge on any atom is 0 e. The molecule has 4 heavy (non-hydrogen) atoms. The van der Waals surface area contributed by atoms with Crippen LogP contribution < -0.4 is 0 Å². The van der Waals surface area contributed by atoms with Crippen molar-refractivity contribution < 1.29 is 0 Å². The second kappa shape index (κ2) is 9.60. The fourth-order valence-corrected chi connectivity index (χ4v) is 0. The normalized spacial score (nSPS) is 2.25. The van der Waals surface area contributed by atoms with E-state index in [1.807, 2.05) is 3.32 Å². The summed E-state index contributed by atoms with van der Waals surface area (Å²) >= 11 is 0.674. The van der Waals surface area contributed by atoms with E-state index in [1.54, 1.807) is 0 Å². The Hall–Kier alpha value is 0.555. The number of rotatable bonds is 0. The minimum absolute atomic E-state index is 0. The summed E-state index contributed by atoms with van der Waals surface area (Å²) in [5.74, 6) is 0. The van der Waals surface area contributed by atoms with Crippen LogP contribution in [0.5, 0.6) is 0 Å². The van der Waals surface area contributed by atoms with Crippen molar-refractivity contribution in [3.8, 4) is 3.32 Å². The van der Waals surface area contributed by atoms with Gasteiger partial charge < -0.3 is 0 Å². The Morgan fingerprint density at radius 2 is 1.75 bits per heavy atom. The fraction of sp³-hybridized carbons (Fsp3) is 0. The molecule has 0 aromatic heterocycles. The van der Waals surface area contributed by atoms with Gasteiger partial charge in [0.2, 0.25) is 0 Å². The van der Waals surface area contributed by atoms with Crippen LogP contribution in [0.15, 0.2) is 0 Å². The van der Waals surface area contributed by atoms with Crippen LogP contribution in [-0.2, 0) is 0 Å². The fourth-order valence-electron chi connectivity index (χ4n) is 0. The van der Waals surface area contributed by atoms with Crippen LogP contribution in [0, 0.1) is 8.58 Å². The molecule has 3 radical (unpaired) electrons. The molecule has 0 rings (SSSR count). The van der Waals surface area contributed by atoms with Crippen molar-refractivity contribution in [3.63, 3.8) is 0 Å². The van der Waals surface area contributed by atoms with Gasteiger partial charge in [0.05, 0.1) is 0 Å². The third-order valence-electron chi connectivity index (χ3n) is 0. The smallest absolute Gasteiger partial charge is 0 e. The number of nitrogens with zero attached hydrogens (tertiary/aromatic N) is 1. The Balaban J connectivity index is 0. The largest absolute Gasteiger partial charge is 0 e. The predicted molar refractivity (Wildman–Crippen MR) is 17.1 cm³/mol. The summed E-state index contributed by atoms with van der Waals surface area (Å²) in [6, 6.07) is 0. The third-order valence-corrected chi connectivity index (χ3v) is 0. The molecule has 0 spiro atoms. The predicted octanol–water partition coefficient (Wildman–Crippen LogP) is -0.745. The zero-order valence-electron chi connectivity index (χ0n) is 2.52. The van der Waals surface area contributed by atoms with Gasteiger partial charge in [-0.25, -0.2) is 0 Å². The van der Waals surface area contributed by atoms with Crippen LogP contribution in [-0.4, -0.2) is 36.3 Å². The zero-order valence-corrected chi connectivity index (χ0v) is 4.52. The van der Waals surface area contributed by atoms with Gasteiger partial charge in [0.25, 0.3) is 0 Å². The SMILES string of the molecule is N#[C][Na].[B]. The summed E-state index contributed by atoms with van der Waals surface area (Å²) in [6.45, 7) is 0. The summed E-state index contributed by atoms with van der Waals surface area (Å²) in [6.07, 6.45) is 0. The van der Waals surface area contributed by atoms with Crippen molar-refractivity contribution in [1.29, 1.82) is 5.26 Å². The van der Waals surface area contributed by atoms with Gasteiger partial charge in [0.15, 0.2) is 0 Å². The van der Waals surface area contributed by atoms with Crippen molar-refractivity contribution >= 4 is 36.3 Å². The third kappa shape index (κ3) is 20.1. The van der Waals surface area contributed by atoms with Gasteiger partial charge in [-0.1, -0.05) is 0 Å². The van der Waals surface area contributed by atoms with Gasteiger partial charge in [0, 0.05) is 8.41 Å². The molecule has 0 fully saturated rings. The molecular formula is CBNNa. The molecule has 0 aliphatic rings. The van der Waals surface area contributed by atoms with Gasteiger partial charge in [-0.3, -0.25) is 0 Å². The Bertz CT molecular complexity index is 29.5. The second-order valence-electron chi connectivity index (χ2n) is 0.224. The van der Waals surface area contributed by atoms with Gasteiger partial charge in [-0.05, 0) is 0 Å². The van der Waals surface area contributed by atoms with Gasteiger partial charge in [-0.2, -0.15) is 0 Å². The molecular weight excluding hydrogens is 59.8 g/mol. The van der Waals surface area contributed by atoms with Gasteiger partial charge in [-0.15, -0.1) is 0 Å². The topological polar surface area (TPSA) is 23.8 Å². The summed E-state index contributed by atoms with van der Waals surface area (Å²) in [5, 5.41) is 7.38. The molecule has 0 aromatic rings. The van der Waals surface area contributed by atoms with Crippen LogP contribution in [0.4, 0.5) is 0 Å². The summed E-state index contributed by atoms with van der Waals surface area (Å²) in [5.41, 5.74) is 0. The molecule has 0 aromatic carbocycles. The standard InChI is InChI=1S/CN.B.Na/c1-2;;. The van der Waals surface area contributed by atoms with Crippen molar-refractivity contribution in [2.75, 3.05) is 0 Å². The quantitative estimate of drug-likeness (QED) is 0.337. The summed E-state index contributed by atoms with van der Waals surface area (Å²) < 4.78 is 1.89. The van der Waals surface area contributed by atoms with Gasteiger partial charge >= 0.3 is 36.5 Å². The van der Waals surface area contributed by atoms with Crippen LogP contribution in [0.3, 0.4) is 0 Å². The van der Waals surface area contributed by atoms with E-state index in [0.717, 1.165) is 0 Å². The molecule has 0 bridgehead atoms. The van der Waals surface area contributed by atoms with E-state index >= 15 is 0 Å². The summed E-state index contributed by atoms with van der Waals surface area (Å²) in [4.78, 5) is 0. The monoisotopic (exact) mass is 60.0 g/mol. The van der Waals surface area contributed by atoms with Gasteiger partial charge in [0.1, 0.15) is 0 Å². The van der Waals surface area contributed by atoms with Crippen molar-refractivity contribution in [3.05, 3.63) is 0 Å². The van der Waals surface area contributed by atoms with E-state index in [-0.39, 0.29) is 8.41 Å². The molecule has 3 heteroatoms. The Morgan fingerprint density at radius 1 is 1.75 bits per heavy atom. The Kier molecular flexibility index (Phi) is 21.2. The van der Waals surface area contributed by atoms with E-state index in [1.165, 1.54) is 0 Å². The molecule has 0 amide bonds. The molecule has 0 heterocycles. The van der Waals surface area contributed by atoms with E-state index in [9.17, 15) is 0 Å². The Morgan fingerprint density at radius 3 is 1.75 bits per heavy atom. The number of nitriles is 1. The number of hydrogen-bond donors (Lipinski definition) is 0. The molecule has 1 nitrogen and oxygen atoms in total. The molecule has 0 saturated carbocycles. The Labute approximate surface area is 45.0 Å². The average molecular weight is 59.8 g/mol. The molecule has 0 N–H and O–H groups in total. The summed E-state index contributed by atoms with van der Waals surface area (Å²) in [7, 11) is 0. The first-order valence-electron chi connectivity index (χ1n) is 0.724. The second-order valence-corrected chi connectivity index (χ2v) is 0.671. The van der Waals surface area contributed by atoms with E-state index in [0.29, 0.717) is 27.9 Å². The molecule has 0 saturated heterocycles. The van der Waals surface area contributed by atoms with Crippen LogP contribution in [0.25, 0.3) is 0 Å². The van der Waals surface area contributed by atoms with Crippen molar-refractivity contribution in [2.24, 2.45) is 0 Å². The van der Waals surface area contributed by atoms with Crippen molar-refractivity contribution in [1.82, 2.24) is 0 Å². The van der Waals surface area contributed by atoms with Crippen LogP contribution >= 0.6 is 0 Å². The van der Waals surface area contributed by atoms with E-state index < -0.39 is 0 Å². The first-order valence-corrected chi connectivity index (χ1v) is 1.72. The van der Waals surface area contributed by atoms with Crippen LogP contribution in [0.1, 0.15) is 0 Å². The molecule has 0 aliphatic heterocycles. The minimum atomic E-state index is 0. The van der Waals surface area contributed by atoms with E-state index in [4.69, 9.17) is 5.26 Å². The molecule has 0 atom stereocenters. The van der Waals surface area contributed by atoms with Crippen molar-refractivity contribution in [2.45, 2.75) is 0 Å². The first-order chi connectivity index (χ1) is 1.41. The van der Waals surface area contributed by atoms with E-state index in [2.05, 4.69) is 0 Å². The number of hydrogen-bond acceptors (Lipinski definition) is 1. The molecule has 13 valence electrons.